The maximum absolute atomic E-state index is 13.6. The molecule has 54 heavy (non-hydrogen) atoms. The molecule has 2 heterocycles. The monoisotopic (exact) mass is 740 g/mol. The molecule has 2 aliphatic rings. The van der Waals surface area contributed by atoms with E-state index >= 15 is 0 Å². The largest absolute Gasteiger partial charge is 0.465 e. The highest BCUT2D eigenvalue weighted by atomic mass is 16.4. The number of nitrogens with one attached hydrogen (secondary N) is 2. The zero-order valence-electron chi connectivity index (χ0n) is 30.5. The van der Waals surface area contributed by atoms with Crippen LogP contribution in [0.2, 0.25) is 0 Å². The average Bonchev–Trinajstić information content (AvgIpc) is 3.82. The van der Waals surface area contributed by atoms with E-state index in [2.05, 4.69) is 10.6 Å². The predicted octanol–water partition coefficient (Wildman–Crippen LogP) is 3.76. The summed E-state index contributed by atoms with van der Waals surface area (Å²) in [6.45, 7) is 3.90. The molecule has 14 heteroatoms. The zero-order chi connectivity index (χ0) is 39.2. The fraction of sp³-hybridized carbons (Fsp3) is 0.400. The molecule has 286 valence electrons. The van der Waals surface area contributed by atoms with E-state index < -0.39 is 59.0 Å². The first-order valence-corrected chi connectivity index (χ1v) is 18.3. The standard InChI is InChI=1S/C40H48N6O8/c1-3-31(43-37(51)52)33(47)45-22-8-20-39(45,35(41)49)28-16-12-25(13-17-28)24-30(26-10-6-5-7-11-26)27-14-18-29(19-15-27)40(36(42)50)21-9-23-46(40)34(48)32(4-2)44-38(53)54/h5-7,10-19,30-32,43-44H,3-4,8-9,20-24H2,1-2H3,(H2,41,49)(H2,42,50)(H,51,52)(H,53,54)/t30?,31-,32-,39-,40-/m0/s1. The number of hydrogen-bond acceptors (Lipinski definition) is 6. The highest BCUT2D eigenvalue weighted by Crippen LogP contribution is 2.42. The quantitative estimate of drug-likeness (QED) is 0.142. The molecule has 3 aromatic carbocycles. The molecule has 0 spiro atoms. The molecule has 0 saturated carbocycles. The summed E-state index contributed by atoms with van der Waals surface area (Å²) < 4.78 is 0. The second-order valence-corrected chi connectivity index (χ2v) is 13.9. The van der Waals surface area contributed by atoms with Gasteiger partial charge in [0.2, 0.25) is 23.6 Å². The fourth-order valence-electron chi connectivity index (χ4n) is 8.24. The second kappa shape index (κ2) is 16.4. The van der Waals surface area contributed by atoms with Gasteiger partial charge in [0.15, 0.2) is 0 Å². The first kappa shape index (κ1) is 39.3. The number of primary amides is 2. The molecule has 2 aliphatic heterocycles. The lowest BCUT2D eigenvalue weighted by Crippen LogP contribution is -2.58. The van der Waals surface area contributed by atoms with Gasteiger partial charge in [0.05, 0.1) is 0 Å². The number of amides is 6. The van der Waals surface area contributed by atoms with E-state index in [1.54, 1.807) is 38.1 Å². The molecular formula is C40H48N6O8. The molecule has 1 unspecified atom stereocenters. The van der Waals surface area contributed by atoms with Crippen LogP contribution in [0.25, 0.3) is 0 Å². The Bertz CT molecular complexity index is 1870. The molecule has 0 bridgehead atoms. The summed E-state index contributed by atoms with van der Waals surface area (Å²) in [5.74, 6) is -2.53. The maximum atomic E-state index is 13.6. The molecule has 14 nitrogen and oxygen atoms in total. The molecular weight excluding hydrogens is 692 g/mol. The summed E-state index contributed by atoms with van der Waals surface area (Å²) in [7, 11) is 0. The maximum Gasteiger partial charge on any atom is 0.405 e. The normalized spacial score (nSPS) is 21.1. The van der Waals surface area contributed by atoms with Gasteiger partial charge in [-0.25, -0.2) is 9.59 Å². The van der Waals surface area contributed by atoms with E-state index in [0.717, 1.165) is 16.7 Å². The lowest BCUT2D eigenvalue weighted by Gasteiger charge is -2.38. The molecule has 5 atom stereocenters. The van der Waals surface area contributed by atoms with Crippen molar-refractivity contribution in [2.45, 2.75) is 87.9 Å². The molecule has 3 aromatic rings. The van der Waals surface area contributed by atoms with Gasteiger partial charge in [-0.15, -0.1) is 0 Å². The van der Waals surface area contributed by atoms with Crippen molar-refractivity contribution >= 4 is 35.8 Å². The van der Waals surface area contributed by atoms with Gasteiger partial charge in [-0.3, -0.25) is 19.2 Å². The fourth-order valence-corrected chi connectivity index (χ4v) is 8.24. The Kier molecular flexibility index (Phi) is 11.9. The van der Waals surface area contributed by atoms with Crippen molar-refractivity contribution in [1.82, 2.24) is 20.4 Å². The zero-order valence-corrected chi connectivity index (χ0v) is 30.5. The average molecular weight is 741 g/mol. The topological polar surface area (TPSA) is 225 Å². The number of rotatable bonds is 14. The molecule has 6 amide bonds. The minimum atomic E-state index is -1.44. The van der Waals surface area contributed by atoms with Crippen LogP contribution in [0.3, 0.4) is 0 Å². The van der Waals surface area contributed by atoms with Gasteiger partial charge < -0.3 is 42.1 Å². The lowest BCUT2D eigenvalue weighted by atomic mass is 9.81. The number of nitrogens with zero attached hydrogens (tertiary/aromatic N) is 2. The Morgan fingerprint density at radius 3 is 1.44 bits per heavy atom. The Labute approximate surface area is 313 Å². The summed E-state index contributed by atoms with van der Waals surface area (Å²) in [6.07, 6.45) is -0.0529. The molecule has 2 saturated heterocycles. The Morgan fingerprint density at radius 1 is 0.648 bits per heavy atom. The first-order valence-electron chi connectivity index (χ1n) is 18.3. The third-order valence-electron chi connectivity index (χ3n) is 11.0. The second-order valence-electron chi connectivity index (χ2n) is 13.9. The van der Waals surface area contributed by atoms with Crippen LogP contribution >= 0.6 is 0 Å². The van der Waals surface area contributed by atoms with Gasteiger partial charge in [0.25, 0.3) is 0 Å². The molecule has 0 aromatic heterocycles. The Balaban J connectivity index is 1.45. The van der Waals surface area contributed by atoms with Crippen molar-refractivity contribution in [2.24, 2.45) is 11.5 Å². The van der Waals surface area contributed by atoms with Crippen LogP contribution in [0.5, 0.6) is 0 Å². The van der Waals surface area contributed by atoms with Gasteiger partial charge in [-0.2, -0.15) is 0 Å². The number of nitrogens with two attached hydrogens (primary N) is 2. The van der Waals surface area contributed by atoms with Crippen molar-refractivity contribution in [1.29, 1.82) is 0 Å². The van der Waals surface area contributed by atoms with Crippen molar-refractivity contribution in [3.05, 3.63) is 107 Å². The van der Waals surface area contributed by atoms with E-state index in [1.807, 2.05) is 54.6 Å². The van der Waals surface area contributed by atoms with Gasteiger partial charge in [0.1, 0.15) is 23.2 Å². The number of benzene rings is 3. The SMILES string of the molecule is CC[C@H](NC(=O)O)C(=O)N1CCC[C@@]1(C(N)=O)c1ccc(CC(c2ccccc2)c2ccc([C@]3(C(N)=O)CCCN3C(=O)[C@H](CC)NC(=O)O)cc2)cc1. The highest BCUT2D eigenvalue weighted by Gasteiger charge is 2.52. The molecule has 5 rings (SSSR count). The first-order chi connectivity index (χ1) is 25.8. The molecule has 0 radical (unpaired) electrons. The number of carboxylic acid groups (broad SMARTS) is 2. The summed E-state index contributed by atoms with van der Waals surface area (Å²) in [4.78, 5) is 79.1. The third-order valence-corrected chi connectivity index (χ3v) is 11.0. The van der Waals surface area contributed by atoms with Crippen LogP contribution in [0.4, 0.5) is 9.59 Å². The lowest BCUT2D eigenvalue weighted by molar-refractivity contribution is -0.145. The van der Waals surface area contributed by atoms with E-state index in [9.17, 15) is 39.0 Å². The summed E-state index contributed by atoms with van der Waals surface area (Å²) in [6, 6.07) is 22.7. The van der Waals surface area contributed by atoms with Crippen LogP contribution in [0, 0.1) is 0 Å². The van der Waals surface area contributed by atoms with Crippen LogP contribution in [0.15, 0.2) is 78.9 Å². The van der Waals surface area contributed by atoms with Gasteiger partial charge in [0, 0.05) is 19.0 Å². The van der Waals surface area contributed by atoms with Gasteiger partial charge in [-0.05, 0) is 72.8 Å². The van der Waals surface area contributed by atoms with E-state index in [-0.39, 0.29) is 31.8 Å². The minimum absolute atomic E-state index is 0.150. The van der Waals surface area contributed by atoms with Crippen molar-refractivity contribution in [2.75, 3.05) is 13.1 Å². The van der Waals surface area contributed by atoms with Crippen LogP contribution < -0.4 is 22.1 Å². The molecule has 2 fully saturated rings. The smallest absolute Gasteiger partial charge is 0.405 e. The van der Waals surface area contributed by atoms with Gasteiger partial charge >= 0.3 is 12.2 Å². The van der Waals surface area contributed by atoms with Crippen LogP contribution in [-0.2, 0) is 36.7 Å². The van der Waals surface area contributed by atoms with Crippen LogP contribution in [0.1, 0.15) is 86.1 Å². The number of hydrogen-bond donors (Lipinski definition) is 6. The van der Waals surface area contributed by atoms with E-state index in [0.29, 0.717) is 43.2 Å². The van der Waals surface area contributed by atoms with Gasteiger partial charge in [-0.1, -0.05) is 92.7 Å². The van der Waals surface area contributed by atoms with E-state index in [4.69, 9.17) is 11.5 Å². The summed E-state index contributed by atoms with van der Waals surface area (Å²) >= 11 is 0. The third kappa shape index (κ3) is 7.45. The van der Waals surface area contributed by atoms with Crippen LogP contribution in [-0.4, -0.2) is 81.0 Å². The van der Waals surface area contributed by atoms with Crippen molar-refractivity contribution in [3.8, 4) is 0 Å². The molecule has 8 N–H and O–H groups in total. The predicted molar refractivity (Wildman–Crippen MR) is 199 cm³/mol. The Hall–Kier alpha value is -5.92. The summed E-state index contributed by atoms with van der Waals surface area (Å²) in [5, 5.41) is 23.1. The van der Waals surface area contributed by atoms with Crippen molar-refractivity contribution < 1.29 is 39.0 Å². The highest BCUT2D eigenvalue weighted by molar-refractivity contribution is 5.95. The van der Waals surface area contributed by atoms with Crippen molar-refractivity contribution in [3.63, 3.8) is 0 Å². The number of carbonyl (C=O) groups excluding carboxylic acids is 4. The number of carbonyl (C=O) groups is 6. The van der Waals surface area contributed by atoms with E-state index in [1.165, 1.54) is 9.80 Å². The molecule has 0 aliphatic carbocycles. The minimum Gasteiger partial charge on any atom is -0.465 e. The summed E-state index contributed by atoms with van der Waals surface area (Å²) in [5.41, 5.74) is 13.2. The Morgan fingerprint density at radius 2 is 1.06 bits per heavy atom. The number of likely N-dealkylation sites (tertiary alicyclic amines) is 2.